The van der Waals surface area contributed by atoms with E-state index in [1.165, 1.54) is 33.2 Å². The van der Waals surface area contributed by atoms with Crippen molar-refractivity contribution < 1.29 is 28.3 Å². The van der Waals surface area contributed by atoms with Crippen LogP contribution in [0.1, 0.15) is 74.6 Å². The second kappa shape index (κ2) is 12.0. The van der Waals surface area contributed by atoms with Crippen LogP contribution in [0.5, 0.6) is 0 Å². The molecule has 2 fully saturated rings. The number of rotatable bonds is 4. The van der Waals surface area contributed by atoms with E-state index in [9.17, 15) is 14.4 Å². The Bertz CT molecular complexity index is 680. The van der Waals surface area contributed by atoms with Gasteiger partial charge in [0.05, 0.1) is 26.0 Å². The zero-order valence-corrected chi connectivity index (χ0v) is 18.6. The largest absolute Gasteiger partial charge is 0.472 e. The highest BCUT2D eigenvalue weighted by atomic mass is 35.5. The molecule has 0 atom stereocenters. The summed E-state index contributed by atoms with van der Waals surface area (Å²) in [4.78, 5) is 35.1. The molecule has 170 valence electrons. The van der Waals surface area contributed by atoms with Crippen molar-refractivity contribution in [3.05, 3.63) is 24.2 Å². The maximum Gasteiger partial charge on any atom is 0.331 e. The summed E-state index contributed by atoms with van der Waals surface area (Å²) in [5.41, 5.74) is 4.71. The lowest BCUT2D eigenvalue weighted by molar-refractivity contribution is -0.150. The number of ether oxygens (including phenoxy) is 2. The Morgan fingerprint density at radius 2 is 1.47 bits per heavy atom. The highest BCUT2D eigenvalue weighted by molar-refractivity contribution is 5.97. The summed E-state index contributed by atoms with van der Waals surface area (Å²) in [6, 6.07) is 1.57. The Morgan fingerprint density at radius 1 is 0.933 bits per heavy atom. The van der Waals surface area contributed by atoms with Crippen LogP contribution < -0.4 is 11.1 Å². The number of amides is 1. The van der Waals surface area contributed by atoms with E-state index in [2.05, 4.69) is 10.1 Å². The quantitative estimate of drug-likeness (QED) is 0.684. The lowest BCUT2D eigenvalue weighted by Gasteiger charge is -2.35. The lowest BCUT2D eigenvalue weighted by atomic mass is 9.81. The van der Waals surface area contributed by atoms with Crippen molar-refractivity contribution in [3.63, 3.8) is 0 Å². The van der Waals surface area contributed by atoms with Crippen molar-refractivity contribution in [2.75, 3.05) is 14.2 Å². The Kier molecular flexibility index (Phi) is 10.4. The van der Waals surface area contributed by atoms with E-state index in [-0.39, 0.29) is 30.3 Å². The molecule has 8 nitrogen and oxygen atoms in total. The Labute approximate surface area is 183 Å². The van der Waals surface area contributed by atoms with Gasteiger partial charge in [0.25, 0.3) is 5.91 Å². The number of nitrogens with one attached hydrogen (secondary N) is 1. The summed E-state index contributed by atoms with van der Waals surface area (Å²) in [6.45, 7) is 0. The van der Waals surface area contributed by atoms with Crippen LogP contribution in [-0.2, 0) is 19.1 Å². The van der Waals surface area contributed by atoms with Gasteiger partial charge in [0.15, 0.2) is 0 Å². The molecule has 0 bridgehead atoms. The summed E-state index contributed by atoms with van der Waals surface area (Å²) in [7, 11) is 2.74. The summed E-state index contributed by atoms with van der Waals surface area (Å²) >= 11 is 0. The smallest absolute Gasteiger partial charge is 0.331 e. The Hall–Kier alpha value is -2.06. The van der Waals surface area contributed by atoms with Gasteiger partial charge in [-0.15, -0.1) is 12.4 Å². The summed E-state index contributed by atoms with van der Waals surface area (Å²) < 4.78 is 14.3. The minimum atomic E-state index is -0.874. The molecule has 2 saturated carbocycles. The molecule has 1 aromatic rings. The van der Waals surface area contributed by atoms with Crippen molar-refractivity contribution in [2.24, 2.45) is 5.73 Å². The summed E-state index contributed by atoms with van der Waals surface area (Å²) in [6.07, 6.45) is 11.8. The predicted molar refractivity (Wildman–Crippen MR) is 113 cm³/mol. The maximum atomic E-state index is 12.0. The molecule has 0 aromatic carbocycles. The average molecular weight is 445 g/mol. The number of furan rings is 1. The molecule has 0 spiro atoms. The molecule has 2 aliphatic rings. The van der Waals surface area contributed by atoms with Gasteiger partial charge in [0, 0.05) is 0 Å². The molecule has 0 unspecified atom stereocenters. The van der Waals surface area contributed by atoms with Gasteiger partial charge in [-0.3, -0.25) is 9.59 Å². The maximum absolute atomic E-state index is 12.0. The van der Waals surface area contributed by atoms with E-state index in [0.29, 0.717) is 18.4 Å². The van der Waals surface area contributed by atoms with Crippen molar-refractivity contribution in [1.82, 2.24) is 5.32 Å². The van der Waals surface area contributed by atoms with Crippen LogP contribution in [0.3, 0.4) is 0 Å². The van der Waals surface area contributed by atoms with Gasteiger partial charge in [-0.2, -0.15) is 0 Å². The molecule has 3 N–H and O–H groups in total. The van der Waals surface area contributed by atoms with Crippen LogP contribution in [0.2, 0.25) is 0 Å². The zero-order chi connectivity index (χ0) is 21.3. The number of halogens is 1. The third kappa shape index (κ3) is 6.47. The van der Waals surface area contributed by atoms with Crippen LogP contribution >= 0.6 is 12.4 Å². The number of carbonyl (C=O) groups is 3. The number of nitrogens with two attached hydrogens (primary N) is 1. The molecule has 1 aromatic heterocycles. The lowest BCUT2D eigenvalue weighted by Crippen LogP contribution is -2.56. The molecular weight excluding hydrogens is 412 g/mol. The zero-order valence-electron chi connectivity index (χ0n) is 17.7. The second-order valence-electron chi connectivity index (χ2n) is 7.81. The first-order valence-corrected chi connectivity index (χ1v) is 10.2. The van der Waals surface area contributed by atoms with Crippen molar-refractivity contribution in [1.29, 1.82) is 0 Å². The monoisotopic (exact) mass is 444 g/mol. The number of hydrogen-bond donors (Lipinski definition) is 2. The molecule has 30 heavy (non-hydrogen) atoms. The van der Waals surface area contributed by atoms with Gasteiger partial charge < -0.3 is 24.9 Å². The van der Waals surface area contributed by atoms with Crippen LogP contribution in [0.25, 0.3) is 0 Å². The number of methoxy groups -OCH3 is 2. The van der Waals surface area contributed by atoms with Gasteiger partial charge in [-0.05, 0) is 31.7 Å². The summed E-state index contributed by atoms with van der Waals surface area (Å²) in [5.74, 6) is -0.910. The minimum absolute atomic E-state index is 0. The molecule has 9 heteroatoms. The number of carbonyl (C=O) groups excluding carboxylic acids is 3. The fourth-order valence-corrected chi connectivity index (χ4v) is 4.00. The van der Waals surface area contributed by atoms with Gasteiger partial charge in [0.1, 0.15) is 17.3 Å². The first-order chi connectivity index (χ1) is 13.9. The average Bonchev–Trinajstić information content (AvgIpc) is 3.29. The van der Waals surface area contributed by atoms with E-state index >= 15 is 0 Å². The number of hydrogen-bond acceptors (Lipinski definition) is 7. The van der Waals surface area contributed by atoms with Crippen molar-refractivity contribution >= 4 is 30.3 Å². The topological polar surface area (TPSA) is 121 Å². The van der Waals surface area contributed by atoms with Crippen molar-refractivity contribution in [2.45, 2.75) is 75.3 Å². The second-order valence-corrected chi connectivity index (χ2v) is 7.81. The molecule has 0 aliphatic heterocycles. The van der Waals surface area contributed by atoms with Gasteiger partial charge >= 0.3 is 11.9 Å². The van der Waals surface area contributed by atoms with E-state index in [1.807, 2.05) is 0 Å². The molecule has 2 aliphatic carbocycles. The molecule has 0 saturated heterocycles. The predicted octanol–water partition coefficient (Wildman–Crippen LogP) is 3.13. The fraction of sp³-hybridized carbons (Fsp3) is 0.667. The van der Waals surface area contributed by atoms with Crippen LogP contribution in [-0.4, -0.2) is 43.1 Å². The first-order valence-electron chi connectivity index (χ1n) is 10.2. The van der Waals surface area contributed by atoms with E-state index in [1.54, 1.807) is 6.07 Å². The van der Waals surface area contributed by atoms with Crippen molar-refractivity contribution in [3.8, 4) is 0 Å². The van der Waals surface area contributed by atoms with E-state index in [0.717, 1.165) is 44.9 Å². The third-order valence-electron chi connectivity index (χ3n) is 5.76. The normalized spacial score (nSPS) is 19.2. The fourth-order valence-electron chi connectivity index (χ4n) is 4.00. The molecule has 1 heterocycles. The molecule has 0 radical (unpaired) electrons. The van der Waals surface area contributed by atoms with Crippen LogP contribution in [0, 0.1) is 0 Å². The molecular formula is C21H33ClN2O6. The van der Waals surface area contributed by atoms with Gasteiger partial charge in [0.2, 0.25) is 0 Å². The Balaban J connectivity index is 0.000000324. The molecule has 3 rings (SSSR count). The van der Waals surface area contributed by atoms with E-state index in [4.69, 9.17) is 14.9 Å². The number of esters is 2. The van der Waals surface area contributed by atoms with Crippen LogP contribution in [0.15, 0.2) is 23.0 Å². The summed E-state index contributed by atoms with van der Waals surface area (Å²) in [5, 5.41) is 2.81. The van der Waals surface area contributed by atoms with E-state index < -0.39 is 11.1 Å². The van der Waals surface area contributed by atoms with Crippen LogP contribution in [0.4, 0.5) is 0 Å². The highest BCUT2D eigenvalue weighted by Gasteiger charge is 2.42. The molecule has 1 amide bonds. The SMILES string of the molecule is COC(=O)C1(N)CCCCC1.COC(=O)C1(NC(=O)c2ccoc2)CCCCC1.Cl. The minimum Gasteiger partial charge on any atom is -0.472 e. The first kappa shape index (κ1) is 26.0. The highest BCUT2D eigenvalue weighted by Crippen LogP contribution is 2.30. The van der Waals surface area contributed by atoms with Gasteiger partial charge in [-0.25, -0.2) is 4.79 Å². The Morgan fingerprint density at radius 3 is 1.93 bits per heavy atom. The third-order valence-corrected chi connectivity index (χ3v) is 5.76. The van der Waals surface area contributed by atoms with Gasteiger partial charge in [-0.1, -0.05) is 38.5 Å². The standard InChI is InChI=1S/C13H17NO4.C8H15NO2.ClH/c1-17-12(16)13(6-3-2-4-7-13)14-11(15)10-5-8-18-9-10;1-11-7(10)8(9)5-3-2-4-6-8;/h5,8-9H,2-4,6-7H2,1H3,(H,14,15);2-6,9H2,1H3;1H.